The van der Waals surface area contributed by atoms with E-state index in [9.17, 15) is 0 Å². The third-order valence-corrected chi connectivity index (χ3v) is 7.13. The first-order valence-electron chi connectivity index (χ1n) is 11.8. The highest BCUT2D eigenvalue weighted by molar-refractivity contribution is 6.32. The normalized spacial score (nSPS) is 11.7. The molecule has 0 N–H and O–H groups in total. The molecule has 34 heavy (non-hydrogen) atoms. The predicted molar refractivity (Wildman–Crippen MR) is 146 cm³/mol. The van der Waals surface area contributed by atoms with Crippen LogP contribution in [0.15, 0.2) is 121 Å². The first-order valence-corrected chi connectivity index (χ1v) is 11.8. The van der Waals surface area contributed by atoms with Crippen LogP contribution >= 0.6 is 0 Å². The molecule has 0 radical (unpaired) electrons. The van der Waals surface area contributed by atoms with Crippen molar-refractivity contribution in [3.63, 3.8) is 0 Å². The van der Waals surface area contributed by atoms with Crippen molar-refractivity contribution in [2.24, 2.45) is 7.05 Å². The van der Waals surface area contributed by atoms with E-state index in [0.717, 1.165) is 0 Å². The molecule has 0 bridgehead atoms. The Morgan fingerprint density at radius 3 is 1.26 bits per heavy atom. The van der Waals surface area contributed by atoms with Crippen LogP contribution in [0.25, 0.3) is 65.6 Å². The quantitative estimate of drug-likeness (QED) is 0.256. The Kier molecular flexibility index (Phi) is 4.13. The molecule has 1 heteroatoms. The van der Waals surface area contributed by atoms with Crippen molar-refractivity contribution in [2.75, 3.05) is 0 Å². The van der Waals surface area contributed by atoms with Gasteiger partial charge in [0.15, 0.2) is 0 Å². The number of aromatic nitrogens is 1. The molecule has 7 aromatic rings. The van der Waals surface area contributed by atoms with Gasteiger partial charge in [-0.25, -0.2) is 0 Å². The summed E-state index contributed by atoms with van der Waals surface area (Å²) in [6.45, 7) is 0. The molecular formula is C33H23N. The summed E-state index contributed by atoms with van der Waals surface area (Å²) in [6, 6.07) is 43.9. The number of hydrogen-bond donors (Lipinski definition) is 0. The van der Waals surface area contributed by atoms with Gasteiger partial charge in [0.25, 0.3) is 0 Å². The molecule has 0 aliphatic rings. The van der Waals surface area contributed by atoms with Gasteiger partial charge >= 0.3 is 0 Å². The highest BCUT2D eigenvalue weighted by Gasteiger charge is 2.21. The van der Waals surface area contributed by atoms with Gasteiger partial charge < -0.3 is 4.57 Å². The molecule has 6 aromatic carbocycles. The Morgan fingerprint density at radius 2 is 0.824 bits per heavy atom. The summed E-state index contributed by atoms with van der Waals surface area (Å²) < 4.78 is 2.42. The molecule has 0 aliphatic carbocycles. The number of benzene rings is 6. The molecule has 7 rings (SSSR count). The summed E-state index contributed by atoms with van der Waals surface area (Å²) in [6.07, 6.45) is 0. The summed E-state index contributed by atoms with van der Waals surface area (Å²) in [5, 5.41) is 7.83. The summed E-state index contributed by atoms with van der Waals surface area (Å²) in [5.41, 5.74) is 7.61. The van der Waals surface area contributed by atoms with Gasteiger partial charge in [0, 0.05) is 28.9 Å². The Balaban J connectivity index is 1.81. The van der Waals surface area contributed by atoms with E-state index in [2.05, 4.69) is 133 Å². The minimum absolute atomic E-state index is 1.25. The maximum absolute atomic E-state index is 2.42. The molecule has 0 saturated carbocycles. The molecule has 0 aliphatic heterocycles. The third-order valence-electron chi connectivity index (χ3n) is 7.13. The van der Waals surface area contributed by atoms with E-state index in [4.69, 9.17) is 0 Å². The van der Waals surface area contributed by atoms with Crippen LogP contribution < -0.4 is 0 Å². The van der Waals surface area contributed by atoms with Crippen molar-refractivity contribution >= 4 is 43.4 Å². The third kappa shape index (κ3) is 2.67. The van der Waals surface area contributed by atoms with E-state index in [1.165, 1.54) is 65.6 Å². The fourth-order valence-electron chi connectivity index (χ4n) is 5.66. The van der Waals surface area contributed by atoms with Crippen LogP contribution in [0.1, 0.15) is 0 Å². The van der Waals surface area contributed by atoms with E-state index in [1.807, 2.05) is 0 Å². The molecule has 0 saturated heterocycles. The van der Waals surface area contributed by atoms with Crippen molar-refractivity contribution in [3.05, 3.63) is 121 Å². The molecular weight excluding hydrogens is 410 g/mol. The maximum Gasteiger partial charge on any atom is 0.0575 e. The second kappa shape index (κ2) is 7.33. The largest absolute Gasteiger partial charge is 0.343 e. The first kappa shape index (κ1) is 19.1. The smallest absolute Gasteiger partial charge is 0.0575 e. The van der Waals surface area contributed by atoms with E-state index in [0.29, 0.717) is 0 Å². The van der Waals surface area contributed by atoms with Crippen LogP contribution in [0.4, 0.5) is 0 Å². The predicted octanol–water partition coefficient (Wildman–Crippen LogP) is 8.97. The highest BCUT2D eigenvalue weighted by Crippen LogP contribution is 2.46. The zero-order valence-electron chi connectivity index (χ0n) is 19.0. The van der Waals surface area contributed by atoms with Gasteiger partial charge in [0.2, 0.25) is 0 Å². The fraction of sp³-hybridized carbons (Fsp3) is 0.0303. The number of hydrogen-bond acceptors (Lipinski definition) is 0. The second-order valence-corrected chi connectivity index (χ2v) is 9.03. The fourth-order valence-corrected chi connectivity index (χ4v) is 5.66. The molecule has 0 unspecified atom stereocenters. The number of nitrogens with zero attached hydrogens (tertiary/aromatic N) is 1. The maximum atomic E-state index is 2.42. The average Bonchev–Trinajstić information content (AvgIpc) is 3.22. The van der Waals surface area contributed by atoms with Gasteiger partial charge in [-0.3, -0.25) is 0 Å². The van der Waals surface area contributed by atoms with Gasteiger partial charge in [-0.15, -0.1) is 0 Å². The Morgan fingerprint density at radius 1 is 0.441 bits per heavy atom. The van der Waals surface area contributed by atoms with Crippen LogP contribution in [0.5, 0.6) is 0 Å². The molecule has 1 nitrogen and oxygen atoms in total. The lowest BCUT2D eigenvalue weighted by Crippen LogP contribution is -1.93. The summed E-state index contributed by atoms with van der Waals surface area (Å²) in [4.78, 5) is 0. The van der Waals surface area contributed by atoms with Gasteiger partial charge in [-0.05, 0) is 44.8 Å². The van der Waals surface area contributed by atoms with Crippen molar-refractivity contribution in [2.45, 2.75) is 0 Å². The van der Waals surface area contributed by atoms with Gasteiger partial charge in [0.1, 0.15) is 0 Å². The van der Waals surface area contributed by atoms with Crippen molar-refractivity contribution in [1.82, 2.24) is 4.57 Å². The van der Waals surface area contributed by atoms with Crippen molar-refractivity contribution in [1.29, 1.82) is 0 Å². The van der Waals surface area contributed by atoms with E-state index in [-0.39, 0.29) is 0 Å². The van der Waals surface area contributed by atoms with Crippen molar-refractivity contribution < 1.29 is 0 Å². The van der Waals surface area contributed by atoms with Gasteiger partial charge in [-0.2, -0.15) is 0 Å². The highest BCUT2D eigenvalue weighted by atomic mass is 14.9. The average molecular weight is 434 g/mol. The second-order valence-electron chi connectivity index (χ2n) is 9.03. The zero-order chi connectivity index (χ0) is 22.6. The zero-order valence-corrected chi connectivity index (χ0v) is 19.0. The van der Waals surface area contributed by atoms with Crippen LogP contribution in [-0.4, -0.2) is 4.57 Å². The number of aryl methyl sites for hydroxylation is 1. The van der Waals surface area contributed by atoms with Crippen LogP contribution in [0.2, 0.25) is 0 Å². The molecule has 0 fully saturated rings. The minimum atomic E-state index is 1.25. The molecule has 1 aromatic heterocycles. The topological polar surface area (TPSA) is 4.93 Å². The summed E-state index contributed by atoms with van der Waals surface area (Å²) in [7, 11) is 2.23. The minimum Gasteiger partial charge on any atom is -0.343 e. The molecule has 0 atom stereocenters. The molecule has 0 amide bonds. The first-order chi connectivity index (χ1) is 16.8. The van der Waals surface area contributed by atoms with E-state index in [1.54, 1.807) is 0 Å². The lowest BCUT2D eigenvalue weighted by atomic mass is 9.93. The van der Waals surface area contributed by atoms with Gasteiger partial charge in [0.05, 0.1) is 11.0 Å². The molecule has 1 heterocycles. The Labute approximate surface area is 198 Å². The molecule has 160 valence electrons. The number of fused-ring (bicyclic) bond motifs is 7. The Hall–Kier alpha value is -4.36. The Bertz CT molecular complexity index is 1700. The SMILES string of the molecule is Cn1c2c(-c3ccccc3)cc3ccccc3c2c2c3ccccc3cc(-c3ccccc3)c21. The molecule has 0 spiro atoms. The van der Waals surface area contributed by atoms with E-state index < -0.39 is 0 Å². The van der Waals surface area contributed by atoms with Crippen LogP contribution in [-0.2, 0) is 7.05 Å². The monoisotopic (exact) mass is 433 g/mol. The lowest BCUT2D eigenvalue weighted by molar-refractivity contribution is 1.02. The number of rotatable bonds is 2. The van der Waals surface area contributed by atoms with Crippen LogP contribution in [0.3, 0.4) is 0 Å². The van der Waals surface area contributed by atoms with Gasteiger partial charge in [-0.1, -0.05) is 109 Å². The summed E-state index contributed by atoms with van der Waals surface area (Å²) in [5.74, 6) is 0. The summed E-state index contributed by atoms with van der Waals surface area (Å²) >= 11 is 0. The standard InChI is InChI=1S/C33H23N/c1-34-32-28(22-12-4-2-5-13-22)20-24-16-8-10-18-26(24)30(32)31-27-19-11-9-17-25(27)21-29(33(31)34)23-14-6-3-7-15-23/h2-21H,1H3. The lowest BCUT2D eigenvalue weighted by Gasteiger charge is -2.11. The van der Waals surface area contributed by atoms with Crippen molar-refractivity contribution in [3.8, 4) is 22.3 Å². The van der Waals surface area contributed by atoms with Crippen LogP contribution in [0, 0.1) is 0 Å². The van der Waals surface area contributed by atoms with E-state index >= 15 is 0 Å².